The van der Waals surface area contributed by atoms with Crippen LogP contribution in [0.5, 0.6) is 5.75 Å². The Morgan fingerprint density at radius 2 is 1.84 bits per heavy atom. The molecule has 0 saturated heterocycles. The maximum atomic E-state index is 12.6. The van der Waals surface area contributed by atoms with Crippen LogP contribution >= 0.6 is 11.6 Å². The van der Waals surface area contributed by atoms with Crippen LogP contribution < -0.4 is 15.8 Å². The molecular formula is C23H24ClN5O3. The number of rotatable bonds is 7. The van der Waals surface area contributed by atoms with Gasteiger partial charge in [-0.2, -0.15) is 0 Å². The van der Waals surface area contributed by atoms with Crippen LogP contribution in [0.15, 0.2) is 48.5 Å². The summed E-state index contributed by atoms with van der Waals surface area (Å²) in [6.45, 7) is -0.252. The van der Waals surface area contributed by atoms with E-state index in [2.05, 4.69) is 15.5 Å². The molecule has 0 aliphatic heterocycles. The van der Waals surface area contributed by atoms with Gasteiger partial charge in [-0.25, -0.2) is 0 Å². The van der Waals surface area contributed by atoms with Gasteiger partial charge in [-0.15, -0.1) is 15.0 Å². The van der Waals surface area contributed by atoms with E-state index in [-0.39, 0.29) is 18.1 Å². The summed E-state index contributed by atoms with van der Waals surface area (Å²) in [5.41, 5.74) is 6.94. The van der Waals surface area contributed by atoms with Crippen molar-refractivity contribution in [3.8, 4) is 11.4 Å². The number of nitrogens with one attached hydrogen (secondary N) is 1. The van der Waals surface area contributed by atoms with E-state index in [1.54, 1.807) is 24.3 Å². The first kappa shape index (κ1) is 21.8. The van der Waals surface area contributed by atoms with E-state index in [4.69, 9.17) is 22.1 Å². The van der Waals surface area contributed by atoms with Crippen molar-refractivity contribution in [3.63, 3.8) is 0 Å². The highest BCUT2D eigenvalue weighted by Gasteiger charge is 2.22. The number of nitrogens with two attached hydrogens (primary N) is 1. The minimum absolute atomic E-state index is 0.0152. The van der Waals surface area contributed by atoms with Crippen molar-refractivity contribution < 1.29 is 14.3 Å². The molecule has 3 aromatic rings. The molecule has 0 atom stereocenters. The lowest BCUT2D eigenvalue weighted by molar-refractivity contribution is -0.118. The normalized spacial score (nSPS) is 14.2. The molecule has 3 N–H and O–H groups in total. The number of para-hydroxylation sites is 1. The first-order valence-electron chi connectivity index (χ1n) is 10.6. The van der Waals surface area contributed by atoms with Crippen molar-refractivity contribution in [1.82, 2.24) is 15.0 Å². The lowest BCUT2D eigenvalue weighted by Gasteiger charge is -2.24. The number of halogens is 1. The standard InChI is InChI=1S/C23H24ClN5O3/c24-16-11-12-19(18(13-16)15-7-3-1-4-8-15)32-14-20(30)26-23-21(22(25)31)27-29(28-23)17-9-5-2-6-10-17/h2,5-6,9-13,15H,1,3-4,7-8,14H2,(H2,25,31)(H,26,28,30). The molecule has 2 aromatic carbocycles. The van der Waals surface area contributed by atoms with Crippen LogP contribution in [0.3, 0.4) is 0 Å². The Hall–Kier alpha value is -3.39. The lowest BCUT2D eigenvalue weighted by atomic mass is 9.84. The minimum atomic E-state index is -0.791. The Bertz CT molecular complexity index is 1110. The molecule has 32 heavy (non-hydrogen) atoms. The van der Waals surface area contributed by atoms with E-state index in [0.29, 0.717) is 22.4 Å². The number of anilines is 1. The van der Waals surface area contributed by atoms with Crippen molar-refractivity contribution in [1.29, 1.82) is 0 Å². The largest absolute Gasteiger partial charge is 0.483 e. The third-order valence-corrected chi connectivity index (χ3v) is 5.70. The van der Waals surface area contributed by atoms with Gasteiger partial charge in [0.25, 0.3) is 11.8 Å². The van der Waals surface area contributed by atoms with Crippen molar-refractivity contribution in [2.45, 2.75) is 38.0 Å². The molecule has 1 saturated carbocycles. The van der Waals surface area contributed by atoms with Crippen LogP contribution in [0.4, 0.5) is 5.82 Å². The van der Waals surface area contributed by atoms with Crippen LogP contribution in [0, 0.1) is 0 Å². The van der Waals surface area contributed by atoms with Gasteiger partial charge >= 0.3 is 0 Å². The van der Waals surface area contributed by atoms with Gasteiger partial charge in [0.1, 0.15) is 5.75 Å². The zero-order valence-electron chi connectivity index (χ0n) is 17.5. The molecule has 8 nitrogen and oxygen atoms in total. The van der Waals surface area contributed by atoms with E-state index in [1.807, 2.05) is 24.3 Å². The maximum absolute atomic E-state index is 12.6. The molecular weight excluding hydrogens is 430 g/mol. The van der Waals surface area contributed by atoms with E-state index in [9.17, 15) is 9.59 Å². The van der Waals surface area contributed by atoms with Gasteiger partial charge in [-0.1, -0.05) is 49.1 Å². The second-order valence-electron chi connectivity index (χ2n) is 7.74. The summed E-state index contributed by atoms with van der Waals surface area (Å²) in [4.78, 5) is 25.6. The first-order valence-corrected chi connectivity index (χ1v) is 10.9. The van der Waals surface area contributed by atoms with Crippen molar-refractivity contribution in [2.75, 3.05) is 11.9 Å². The molecule has 2 amide bonds. The second kappa shape index (κ2) is 9.82. The van der Waals surface area contributed by atoms with Crippen LogP contribution in [0.1, 0.15) is 54.1 Å². The van der Waals surface area contributed by atoms with Crippen molar-refractivity contribution in [2.24, 2.45) is 5.73 Å². The average molecular weight is 454 g/mol. The molecule has 0 bridgehead atoms. The molecule has 0 spiro atoms. The highest BCUT2D eigenvalue weighted by molar-refractivity contribution is 6.30. The number of hydrogen-bond donors (Lipinski definition) is 2. The predicted molar refractivity (Wildman–Crippen MR) is 121 cm³/mol. The summed E-state index contributed by atoms with van der Waals surface area (Å²) in [5, 5.41) is 11.5. The van der Waals surface area contributed by atoms with Crippen LogP contribution in [-0.4, -0.2) is 33.4 Å². The Morgan fingerprint density at radius 3 is 2.56 bits per heavy atom. The van der Waals surface area contributed by atoms with Gasteiger partial charge in [0, 0.05) is 5.02 Å². The molecule has 1 heterocycles. The molecule has 0 unspecified atom stereocenters. The van der Waals surface area contributed by atoms with Gasteiger partial charge < -0.3 is 15.8 Å². The number of carbonyl (C=O) groups is 2. The topological polar surface area (TPSA) is 112 Å². The molecule has 1 aliphatic carbocycles. The fourth-order valence-corrected chi connectivity index (χ4v) is 4.11. The monoisotopic (exact) mass is 453 g/mol. The summed E-state index contributed by atoms with van der Waals surface area (Å²) in [6.07, 6.45) is 5.73. The molecule has 9 heteroatoms. The third kappa shape index (κ3) is 5.08. The lowest BCUT2D eigenvalue weighted by Crippen LogP contribution is -2.23. The highest BCUT2D eigenvalue weighted by atomic mass is 35.5. The van der Waals surface area contributed by atoms with Crippen LogP contribution in [0.2, 0.25) is 5.02 Å². The molecule has 1 aromatic heterocycles. The van der Waals surface area contributed by atoms with Gasteiger partial charge in [0.05, 0.1) is 5.69 Å². The number of primary amides is 1. The quantitative estimate of drug-likeness (QED) is 0.559. The van der Waals surface area contributed by atoms with Gasteiger partial charge in [-0.3, -0.25) is 9.59 Å². The van der Waals surface area contributed by atoms with Crippen LogP contribution in [-0.2, 0) is 4.79 Å². The van der Waals surface area contributed by atoms with E-state index >= 15 is 0 Å². The first-order chi connectivity index (χ1) is 15.5. The van der Waals surface area contributed by atoms with Gasteiger partial charge in [-0.05, 0) is 54.7 Å². The molecule has 4 rings (SSSR count). The summed E-state index contributed by atoms with van der Waals surface area (Å²) in [6, 6.07) is 14.5. The SMILES string of the molecule is NC(=O)c1nn(-c2ccccc2)nc1NC(=O)COc1ccc(Cl)cc1C1CCCCC1. The molecule has 166 valence electrons. The zero-order valence-corrected chi connectivity index (χ0v) is 18.2. The second-order valence-corrected chi connectivity index (χ2v) is 8.18. The maximum Gasteiger partial charge on any atom is 0.273 e. The fourth-order valence-electron chi connectivity index (χ4n) is 3.93. The number of amides is 2. The summed E-state index contributed by atoms with van der Waals surface area (Å²) in [5.74, 6) is -0.274. The molecule has 1 aliphatic rings. The number of hydrogen-bond acceptors (Lipinski definition) is 5. The van der Waals surface area contributed by atoms with E-state index in [0.717, 1.165) is 18.4 Å². The summed E-state index contributed by atoms with van der Waals surface area (Å²) < 4.78 is 5.83. The number of ether oxygens (including phenoxy) is 1. The average Bonchev–Trinajstić information content (AvgIpc) is 3.23. The van der Waals surface area contributed by atoms with Crippen LogP contribution in [0.25, 0.3) is 5.69 Å². The van der Waals surface area contributed by atoms with Crippen molar-refractivity contribution in [3.05, 3.63) is 64.8 Å². The van der Waals surface area contributed by atoms with Crippen molar-refractivity contribution >= 4 is 29.2 Å². The number of nitrogens with zero attached hydrogens (tertiary/aromatic N) is 3. The number of aromatic nitrogens is 3. The Balaban J connectivity index is 1.47. The minimum Gasteiger partial charge on any atom is -0.483 e. The Morgan fingerprint density at radius 1 is 1.09 bits per heavy atom. The smallest absolute Gasteiger partial charge is 0.273 e. The van der Waals surface area contributed by atoms with Gasteiger partial charge in [0.2, 0.25) is 0 Å². The summed E-state index contributed by atoms with van der Waals surface area (Å²) in [7, 11) is 0. The van der Waals surface area contributed by atoms with Gasteiger partial charge in [0.15, 0.2) is 18.1 Å². The molecule has 0 radical (unpaired) electrons. The fraction of sp³-hybridized carbons (Fsp3) is 0.304. The predicted octanol–water partition coefficient (Wildman–Crippen LogP) is 4.08. The molecule has 1 fully saturated rings. The zero-order chi connectivity index (χ0) is 22.5. The Labute approximate surface area is 190 Å². The highest BCUT2D eigenvalue weighted by Crippen LogP contribution is 2.38. The van der Waals surface area contributed by atoms with E-state index in [1.165, 1.54) is 24.1 Å². The third-order valence-electron chi connectivity index (χ3n) is 5.47. The number of benzene rings is 2. The summed E-state index contributed by atoms with van der Waals surface area (Å²) >= 11 is 6.21. The van der Waals surface area contributed by atoms with E-state index < -0.39 is 11.8 Å². The number of carbonyl (C=O) groups excluding carboxylic acids is 2. The Kier molecular flexibility index (Phi) is 6.70.